The summed E-state index contributed by atoms with van der Waals surface area (Å²) < 4.78 is 18.7. The van der Waals surface area contributed by atoms with Crippen LogP contribution in [0.5, 0.6) is 0 Å². The summed E-state index contributed by atoms with van der Waals surface area (Å²) in [5.41, 5.74) is 1.21. The van der Waals surface area contributed by atoms with E-state index in [1.54, 1.807) is 19.1 Å². The van der Waals surface area contributed by atoms with E-state index in [0.717, 1.165) is 0 Å². The number of rotatable bonds is 4. The van der Waals surface area contributed by atoms with Crippen molar-refractivity contribution >= 4 is 5.97 Å². The maximum atomic E-state index is 13.3. The molecule has 0 aliphatic carbocycles. The van der Waals surface area contributed by atoms with Gasteiger partial charge in [0.1, 0.15) is 5.82 Å². The highest BCUT2D eigenvalue weighted by molar-refractivity contribution is 5.70. The minimum Gasteiger partial charge on any atom is -0.481 e. The first-order valence-electron chi connectivity index (χ1n) is 7.52. The molecule has 0 amide bonds. The lowest BCUT2D eigenvalue weighted by atomic mass is 10.1. The summed E-state index contributed by atoms with van der Waals surface area (Å²) >= 11 is 0. The van der Waals surface area contributed by atoms with Gasteiger partial charge in [0.15, 0.2) is 0 Å². The van der Waals surface area contributed by atoms with E-state index in [1.165, 1.54) is 6.07 Å². The Kier molecular flexibility index (Phi) is 4.12. The highest BCUT2D eigenvalue weighted by Crippen LogP contribution is 2.28. The van der Waals surface area contributed by atoms with E-state index in [4.69, 9.17) is 9.63 Å². The van der Waals surface area contributed by atoms with E-state index < -0.39 is 5.97 Å². The number of hydrogen-bond acceptors (Lipinski definition) is 5. The minimum absolute atomic E-state index is 0.151. The first-order chi connectivity index (χ1) is 11.0. The molecule has 0 saturated carbocycles. The number of carboxylic acid groups (broad SMARTS) is 1. The SMILES string of the molecule is Cc1cc(-c2noc(C(C)N3CCC(C(=O)O)C3)n2)ccc1F. The van der Waals surface area contributed by atoms with Crippen molar-refractivity contribution in [3.8, 4) is 11.4 Å². The molecule has 7 heteroatoms. The van der Waals surface area contributed by atoms with Gasteiger partial charge in [0.05, 0.1) is 12.0 Å². The number of aliphatic carboxylic acids is 1. The molecule has 6 nitrogen and oxygen atoms in total. The molecule has 1 aliphatic heterocycles. The zero-order chi connectivity index (χ0) is 16.6. The Morgan fingerprint density at radius 1 is 1.52 bits per heavy atom. The van der Waals surface area contributed by atoms with Crippen molar-refractivity contribution in [3.63, 3.8) is 0 Å². The smallest absolute Gasteiger partial charge is 0.307 e. The van der Waals surface area contributed by atoms with Crippen molar-refractivity contribution in [1.82, 2.24) is 15.0 Å². The van der Waals surface area contributed by atoms with E-state index in [-0.39, 0.29) is 17.8 Å². The Bertz CT molecular complexity index is 731. The number of aromatic nitrogens is 2. The molecular formula is C16H18FN3O3. The molecule has 1 N–H and O–H groups in total. The lowest BCUT2D eigenvalue weighted by Gasteiger charge is -2.20. The van der Waals surface area contributed by atoms with Crippen molar-refractivity contribution in [2.24, 2.45) is 5.92 Å². The lowest BCUT2D eigenvalue weighted by Crippen LogP contribution is -2.26. The second-order valence-electron chi connectivity index (χ2n) is 5.91. The number of hydrogen-bond donors (Lipinski definition) is 1. The number of nitrogens with zero attached hydrogens (tertiary/aromatic N) is 3. The van der Waals surface area contributed by atoms with Gasteiger partial charge >= 0.3 is 5.97 Å². The molecule has 3 rings (SSSR count). The minimum atomic E-state index is -0.771. The number of likely N-dealkylation sites (tertiary alicyclic amines) is 1. The number of carboxylic acids is 1. The molecule has 1 saturated heterocycles. The maximum Gasteiger partial charge on any atom is 0.307 e. The van der Waals surface area contributed by atoms with Crippen LogP contribution in [0, 0.1) is 18.7 Å². The Hall–Kier alpha value is -2.28. The molecule has 2 aromatic rings. The first kappa shape index (κ1) is 15.6. The molecule has 2 atom stereocenters. The highest BCUT2D eigenvalue weighted by atomic mass is 19.1. The van der Waals surface area contributed by atoms with E-state index >= 15 is 0 Å². The van der Waals surface area contributed by atoms with Gasteiger partial charge in [0, 0.05) is 12.1 Å². The zero-order valence-electron chi connectivity index (χ0n) is 13.0. The van der Waals surface area contributed by atoms with Gasteiger partial charge < -0.3 is 9.63 Å². The van der Waals surface area contributed by atoms with E-state index in [0.29, 0.717) is 42.4 Å². The summed E-state index contributed by atoms with van der Waals surface area (Å²) in [6.07, 6.45) is 0.623. The third-order valence-electron chi connectivity index (χ3n) is 4.33. The fraction of sp³-hybridized carbons (Fsp3) is 0.438. The van der Waals surface area contributed by atoms with Crippen LogP contribution in [-0.4, -0.2) is 39.2 Å². The van der Waals surface area contributed by atoms with Crippen LogP contribution in [0.25, 0.3) is 11.4 Å². The standard InChI is InChI=1S/C16H18FN3O3/c1-9-7-11(3-4-13(9)17)14-18-15(23-19-14)10(2)20-6-5-12(8-20)16(21)22/h3-4,7,10,12H,5-6,8H2,1-2H3,(H,21,22). The van der Waals surface area contributed by atoms with Crippen molar-refractivity contribution in [2.75, 3.05) is 13.1 Å². The van der Waals surface area contributed by atoms with Gasteiger partial charge in [0.2, 0.25) is 11.7 Å². The molecule has 2 heterocycles. The predicted molar refractivity (Wildman–Crippen MR) is 80.2 cm³/mol. The Morgan fingerprint density at radius 3 is 2.96 bits per heavy atom. The fourth-order valence-corrected chi connectivity index (χ4v) is 2.80. The second-order valence-corrected chi connectivity index (χ2v) is 5.91. The van der Waals surface area contributed by atoms with Gasteiger partial charge in [-0.05, 0) is 50.6 Å². The monoisotopic (exact) mass is 319 g/mol. The number of halogens is 1. The average Bonchev–Trinajstić information content (AvgIpc) is 3.18. The third-order valence-corrected chi connectivity index (χ3v) is 4.33. The molecule has 23 heavy (non-hydrogen) atoms. The fourth-order valence-electron chi connectivity index (χ4n) is 2.80. The lowest BCUT2D eigenvalue weighted by molar-refractivity contribution is -0.141. The van der Waals surface area contributed by atoms with Gasteiger partial charge in [-0.1, -0.05) is 5.16 Å². The van der Waals surface area contributed by atoms with Gasteiger partial charge in [-0.25, -0.2) is 4.39 Å². The van der Waals surface area contributed by atoms with Crippen molar-refractivity contribution in [3.05, 3.63) is 35.5 Å². The third kappa shape index (κ3) is 3.10. The molecule has 0 bridgehead atoms. The topological polar surface area (TPSA) is 79.5 Å². The second kappa shape index (κ2) is 6.08. The van der Waals surface area contributed by atoms with E-state index in [1.807, 2.05) is 11.8 Å². The van der Waals surface area contributed by atoms with Crippen molar-refractivity contribution in [1.29, 1.82) is 0 Å². The first-order valence-corrected chi connectivity index (χ1v) is 7.52. The molecule has 0 radical (unpaired) electrons. The molecule has 2 unspecified atom stereocenters. The van der Waals surface area contributed by atoms with E-state index in [2.05, 4.69) is 10.1 Å². The Morgan fingerprint density at radius 2 is 2.30 bits per heavy atom. The summed E-state index contributed by atoms with van der Waals surface area (Å²) in [6, 6.07) is 4.51. The predicted octanol–water partition coefficient (Wildman–Crippen LogP) is 2.65. The number of benzene rings is 1. The molecule has 122 valence electrons. The maximum absolute atomic E-state index is 13.3. The van der Waals surface area contributed by atoms with E-state index in [9.17, 15) is 9.18 Å². The molecule has 1 aromatic heterocycles. The zero-order valence-corrected chi connectivity index (χ0v) is 13.0. The van der Waals surface area contributed by atoms with Crippen LogP contribution in [0.4, 0.5) is 4.39 Å². The highest BCUT2D eigenvalue weighted by Gasteiger charge is 2.33. The summed E-state index contributed by atoms with van der Waals surface area (Å²) in [7, 11) is 0. The van der Waals surface area contributed by atoms with Crippen molar-refractivity contribution in [2.45, 2.75) is 26.3 Å². The quantitative estimate of drug-likeness (QED) is 0.933. The molecule has 1 aliphatic rings. The molecular weight excluding hydrogens is 301 g/mol. The van der Waals surface area contributed by atoms with Crippen LogP contribution in [0.2, 0.25) is 0 Å². The largest absolute Gasteiger partial charge is 0.481 e. The average molecular weight is 319 g/mol. The summed E-state index contributed by atoms with van der Waals surface area (Å²) in [4.78, 5) is 17.4. The summed E-state index contributed by atoms with van der Waals surface area (Å²) in [5, 5.41) is 13.0. The van der Waals surface area contributed by atoms with Gasteiger partial charge in [-0.15, -0.1) is 0 Å². The molecule has 0 spiro atoms. The van der Waals surface area contributed by atoms with Crippen LogP contribution in [-0.2, 0) is 4.79 Å². The van der Waals surface area contributed by atoms with Gasteiger partial charge in [0.25, 0.3) is 0 Å². The van der Waals surface area contributed by atoms with Crippen molar-refractivity contribution < 1.29 is 18.8 Å². The van der Waals surface area contributed by atoms with Gasteiger partial charge in [-0.3, -0.25) is 9.69 Å². The number of carbonyl (C=O) groups is 1. The summed E-state index contributed by atoms with van der Waals surface area (Å²) in [5.74, 6) is -0.549. The molecule has 1 aromatic carbocycles. The van der Waals surface area contributed by atoms with Crippen LogP contribution in [0.15, 0.2) is 22.7 Å². The van der Waals surface area contributed by atoms with Crippen LogP contribution >= 0.6 is 0 Å². The molecule has 1 fully saturated rings. The summed E-state index contributed by atoms with van der Waals surface area (Å²) in [6.45, 7) is 4.76. The van der Waals surface area contributed by atoms with Crippen LogP contribution < -0.4 is 0 Å². The Balaban J connectivity index is 1.76. The van der Waals surface area contributed by atoms with Crippen LogP contribution in [0.1, 0.15) is 30.8 Å². The normalized spacial score (nSPS) is 19.9. The Labute approximate surface area is 132 Å². The number of aryl methyl sites for hydroxylation is 1. The van der Waals surface area contributed by atoms with Gasteiger partial charge in [-0.2, -0.15) is 4.98 Å². The van der Waals surface area contributed by atoms with Crippen LogP contribution in [0.3, 0.4) is 0 Å².